The van der Waals surface area contributed by atoms with E-state index >= 15 is 0 Å². The molecule has 6 heteroatoms. The van der Waals surface area contributed by atoms with Gasteiger partial charge < -0.3 is 5.11 Å². The van der Waals surface area contributed by atoms with Gasteiger partial charge in [0.2, 0.25) is 0 Å². The number of hydrogen-bond donors (Lipinski definition) is 2. The molecule has 1 heterocycles. The summed E-state index contributed by atoms with van der Waals surface area (Å²) in [6, 6.07) is 14.8. The Morgan fingerprint density at radius 2 is 1.78 bits per heavy atom. The lowest BCUT2D eigenvalue weighted by Crippen LogP contribution is -2.31. The fourth-order valence-corrected chi connectivity index (χ4v) is 3.58. The van der Waals surface area contributed by atoms with Crippen molar-refractivity contribution in [3.63, 3.8) is 0 Å². The summed E-state index contributed by atoms with van der Waals surface area (Å²) in [5.41, 5.74) is 1.32. The summed E-state index contributed by atoms with van der Waals surface area (Å²) < 4.78 is 11.5. The van der Waals surface area contributed by atoms with Crippen LogP contribution >= 0.6 is 24.0 Å². The normalized spacial score (nSPS) is 13.5. The minimum absolute atomic E-state index is 0.332. The number of thiol groups is 1. The number of nitrogens with zero attached hydrogens (tertiary/aromatic N) is 1. The first-order valence-electron chi connectivity index (χ1n) is 6.75. The topological polar surface area (TPSA) is 50.2 Å². The van der Waals surface area contributed by atoms with E-state index in [1.807, 2.05) is 30.3 Å². The maximum atomic E-state index is 13.1. The second-order valence-corrected chi connectivity index (χ2v) is 6.62. The Hall–Kier alpha value is -2.18. The van der Waals surface area contributed by atoms with Gasteiger partial charge >= 0.3 is 5.97 Å². The zero-order chi connectivity index (χ0) is 16.4. The monoisotopic (exact) mass is 345 g/mol. The SMILES string of the molecule is O=C(O)C(S)(c1ccc(F)cc1)c1ncc(-c2ccccc2)s1. The van der Waals surface area contributed by atoms with Crippen LogP contribution in [0.4, 0.5) is 4.39 Å². The highest BCUT2D eigenvalue weighted by Crippen LogP contribution is 2.41. The van der Waals surface area contributed by atoms with Gasteiger partial charge in [-0.2, -0.15) is 0 Å². The van der Waals surface area contributed by atoms with Gasteiger partial charge in [0.05, 0.1) is 4.88 Å². The van der Waals surface area contributed by atoms with Crippen molar-refractivity contribution in [3.05, 3.63) is 77.2 Å². The second-order valence-electron chi connectivity index (χ2n) is 4.92. The Morgan fingerprint density at radius 3 is 2.39 bits per heavy atom. The third-order valence-electron chi connectivity index (χ3n) is 3.45. The van der Waals surface area contributed by atoms with Gasteiger partial charge in [-0.1, -0.05) is 42.5 Å². The molecule has 0 amide bonds. The number of aromatic nitrogens is 1. The van der Waals surface area contributed by atoms with E-state index in [0.29, 0.717) is 10.6 Å². The molecular weight excluding hydrogens is 333 g/mol. The summed E-state index contributed by atoms with van der Waals surface area (Å²) in [7, 11) is 0. The molecule has 3 aromatic rings. The molecular formula is C17H12FNO2S2. The molecule has 0 saturated carbocycles. The van der Waals surface area contributed by atoms with Crippen LogP contribution in [0.2, 0.25) is 0 Å². The fraction of sp³-hybridized carbons (Fsp3) is 0.0588. The predicted molar refractivity (Wildman–Crippen MR) is 91.4 cm³/mol. The van der Waals surface area contributed by atoms with Crippen molar-refractivity contribution >= 4 is 29.9 Å². The Bertz CT molecular complexity index is 833. The van der Waals surface area contributed by atoms with Crippen molar-refractivity contribution in [2.45, 2.75) is 4.75 Å². The standard InChI is InChI=1S/C17H12FNO2S2/c18-13-8-6-12(7-9-13)17(22,16(20)21)15-19-10-14(23-15)11-4-2-1-3-5-11/h1-10,22H,(H,20,21). The molecule has 0 radical (unpaired) electrons. The average Bonchev–Trinajstić information content (AvgIpc) is 3.06. The Morgan fingerprint density at radius 1 is 1.13 bits per heavy atom. The first-order valence-corrected chi connectivity index (χ1v) is 8.01. The van der Waals surface area contributed by atoms with Gasteiger partial charge in [0.1, 0.15) is 10.8 Å². The van der Waals surface area contributed by atoms with E-state index in [1.54, 1.807) is 6.20 Å². The Kier molecular flexibility index (Phi) is 4.19. The summed E-state index contributed by atoms with van der Waals surface area (Å²) >= 11 is 5.64. The van der Waals surface area contributed by atoms with Crippen molar-refractivity contribution < 1.29 is 14.3 Å². The van der Waals surface area contributed by atoms with Crippen LogP contribution in [-0.2, 0) is 9.54 Å². The number of benzene rings is 2. The molecule has 0 saturated heterocycles. The molecule has 2 aromatic carbocycles. The molecule has 1 N–H and O–H groups in total. The van der Waals surface area contributed by atoms with Crippen LogP contribution in [-0.4, -0.2) is 16.1 Å². The van der Waals surface area contributed by atoms with Crippen molar-refractivity contribution in [2.24, 2.45) is 0 Å². The molecule has 1 aromatic heterocycles. The maximum Gasteiger partial charge on any atom is 0.331 e. The van der Waals surface area contributed by atoms with Gasteiger partial charge in [-0.05, 0) is 23.3 Å². The van der Waals surface area contributed by atoms with E-state index in [0.717, 1.165) is 10.4 Å². The lowest BCUT2D eigenvalue weighted by molar-refractivity contribution is -0.138. The van der Waals surface area contributed by atoms with Gasteiger partial charge in [-0.3, -0.25) is 0 Å². The predicted octanol–water partition coefficient (Wildman–Crippen LogP) is 4.21. The lowest BCUT2D eigenvalue weighted by atomic mass is 9.99. The third-order valence-corrected chi connectivity index (χ3v) is 5.42. The fourth-order valence-electron chi connectivity index (χ4n) is 2.21. The highest BCUT2D eigenvalue weighted by molar-refractivity contribution is 7.82. The van der Waals surface area contributed by atoms with Crippen LogP contribution < -0.4 is 0 Å². The number of carboxylic acids is 1. The molecule has 0 bridgehead atoms. The number of aliphatic carboxylic acids is 1. The van der Waals surface area contributed by atoms with Crippen LogP contribution in [0.3, 0.4) is 0 Å². The minimum atomic E-state index is -1.62. The molecule has 23 heavy (non-hydrogen) atoms. The zero-order valence-corrected chi connectivity index (χ0v) is 13.5. The van der Waals surface area contributed by atoms with E-state index in [9.17, 15) is 14.3 Å². The van der Waals surface area contributed by atoms with Crippen LogP contribution in [0, 0.1) is 5.82 Å². The number of thiazole rings is 1. The number of rotatable bonds is 4. The summed E-state index contributed by atoms with van der Waals surface area (Å²) in [5.74, 6) is -1.58. The molecule has 0 aliphatic carbocycles. The summed E-state index contributed by atoms with van der Waals surface area (Å²) in [5, 5.41) is 10.0. The number of carboxylic acid groups (broad SMARTS) is 1. The highest BCUT2D eigenvalue weighted by atomic mass is 32.1. The van der Waals surface area contributed by atoms with E-state index in [4.69, 9.17) is 0 Å². The molecule has 1 unspecified atom stereocenters. The maximum absolute atomic E-state index is 13.1. The van der Waals surface area contributed by atoms with E-state index in [-0.39, 0.29) is 0 Å². The van der Waals surface area contributed by atoms with Crippen LogP contribution in [0.25, 0.3) is 10.4 Å². The Balaban J connectivity index is 2.07. The molecule has 0 aliphatic rings. The zero-order valence-electron chi connectivity index (χ0n) is 11.8. The molecule has 0 fully saturated rings. The highest BCUT2D eigenvalue weighted by Gasteiger charge is 2.41. The lowest BCUT2D eigenvalue weighted by Gasteiger charge is -2.21. The molecule has 3 rings (SSSR count). The van der Waals surface area contributed by atoms with Gasteiger partial charge in [0.25, 0.3) is 0 Å². The first kappa shape index (κ1) is 15.7. The summed E-state index contributed by atoms with van der Waals surface area (Å²) in [6.45, 7) is 0. The van der Waals surface area contributed by atoms with Crippen LogP contribution in [0.15, 0.2) is 60.8 Å². The van der Waals surface area contributed by atoms with Crippen molar-refractivity contribution in [1.82, 2.24) is 4.98 Å². The van der Waals surface area contributed by atoms with Gasteiger partial charge in [0, 0.05) is 6.20 Å². The largest absolute Gasteiger partial charge is 0.480 e. The van der Waals surface area contributed by atoms with Crippen molar-refractivity contribution in [3.8, 4) is 10.4 Å². The molecule has 0 spiro atoms. The molecule has 0 aliphatic heterocycles. The van der Waals surface area contributed by atoms with Gasteiger partial charge in [0.15, 0.2) is 4.75 Å². The quantitative estimate of drug-likeness (QED) is 0.697. The second kappa shape index (κ2) is 6.14. The smallest absolute Gasteiger partial charge is 0.331 e. The van der Waals surface area contributed by atoms with E-state index in [1.165, 1.54) is 35.6 Å². The van der Waals surface area contributed by atoms with Crippen LogP contribution in [0.5, 0.6) is 0 Å². The molecule has 3 nitrogen and oxygen atoms in total. The van der Waals surface area contributed by atoms with Gasteiger partial charge in [-0.15, -0.1) is 24.0 Å². The number of carbonyl (C=O) groups is 1. The summed E-state index contributed by atoms with van der Waals surface area (Å²) in [4.78, 5) is 17.0. The number of halogens is 1. The van der Waals surface area contributed by atoms with E-state index in [2.05, 4.69) is 17.6 Å². The van der Waals surface area contributed by atoms with Crippen molar-refractivity contribution in [2.75, 3.05) is 0 Å². The van der Waals surface area contributed by atoms with Gasteiger partial charge in [-0.25, -0.2) is 14.2 Å². The average molecular weight is 345 g/mol. The Labute approximate surface area is 141 Å². The third kappa shape index (κ3) is 2.87. The summed E-state index contributed by atoms with van der Waals surface area (Å²) in [6.07, 6.45) is 1.63. The first-order chi connectivity index (χ1) is 11.0. The minimum Gasteiger partial charge on any atom is -0.480 e. The van der Waals surface area contributed by atoms with Crippen molar-refractivity contribution in [1.29, 1.82) is 0 Å². The van der Waals surface area contributed by atoms with Crippen LogP contribution in [0.1, 0.15) is 10.6 Å². The molecule has 116 valence electrons. The molecule has 1 atom stereocenters. The van der Waals surface area contributed by atoms with E-state index < -0.39 is 16.5 Å². The number of hydrogen-bond acceptors (Lipinski definition) is 4.